The Hall–Kier alpha value is -3.98. The van der Waals surface area contributed by atoms with Crippen LogP contribution in [0.2, 0.25) is 0 Å². The first kappa shape index (κ1) is 23.7. The van der Waals surface area contributed by atoms with Crippen LogP contribution in [0.3, 0.4) is 0 Å². The molecule has 0 fully saturated rings. The number of nitrogens with one attached hydrogen (secondary N) is 1. The molecule has 0 spiro atoms. The minimum absolute atomic E-state index is 0.243. The molecule has 4 aromatic rings. The van der Waals surface area contributed by atoms with E-state index in [0.717, 1.165) is 23.3 Å². The van der Waals surface area contributed by atoms with Crippen LogP contribution >= 0.6 is 11.3 Å². The first-order valence-electron chi connectivity index (χ1n) is 11.6. The Morgan fingerprint density at radius 1 is 1.14 bits per heavy atom. The minimum atomic E-state index is -1.09. The van der Waals surface area contributed by atoms with Gasteiger partial charge in [0.05, 0.1) is 18.2 Å². The number of hydrogen-bond donors (Lipinski definition) is 1. The van der Waals surface area contributed by atoms with Gasteiger partial charge >= 0.3 is 11.9 Å². The van der Waals surface area contributed by atoms with Crippen LogP contribution in [0.1, 0.15) is 56.0 Å². The summed E-state index contributed by atoms with van der Waals surface area (Å²) in [6.07, 6.45) is 2.58. The quantitative estimate of drug-likeness (QED) is 0.363. The number of aromatic nitrogens is 1. The van der Waals surface area contributed by atoms with Gasteiger partial charge in [-0.05, 0) is 61.4 Å². The van der Waals surface area contributed by atoms with Gasteiger partial charge in [0.25, 0.3) is 5.91 Å². The highest BCUT2D eigenvalue weighted by atomic mass is 32.1. The maximum atomic E-state index is 12.9. The van der Waals surface area contributed by atoms with Gasteiger partial charge in [-0.15, -0.1) is 11.3 Å². The van der Waals surface area contributed by atoms with E-state index in [-0.39, 0.29) is 5.56 Å². The summed E-state index contributed by atoms with van der Waals surface area (Å²) < 4.78 is 15.6. The van der Waals surface area contributed by atoms with E-state index in [1.165, 1.54) is 43.4 Å². The lowest BCUT2D eigenvalue weighted by molar-refractivity contribution is -0.123. The molecule has 1 N–H and O–H groups in total. The fourth-order valence-corrected chi connectivity index (χ4v) is 5.80. The van der Waals surface area contributed by atoms with Crippen molar-refractivity contribution in [3.63, 3.8) is 0 Å². The maximum absolute atomic E-state index is 12.9. The fourth-order valence-electron chi connectivity index (χ4n) is 4.48. The highest BCUT2D eigenvalue weighted by molar-refractivity contribution is 7.17. The molecule has 1 aliphatic rings. The van der Waals surface area contributed by atoms with Crippen LogP contribution in [0, 0.1) is 0 Å². The van der Waals surface area contributed by atoms with Crippen LogP contribution in [0.5, 0.6) is 0 Å². The molecule has 0 aliphatic heterocycles. The van der Waals surface area contributed by atoms with Crippen molar-refractivity contribution in [1.82, 2.24) is 4.98 Å². The first-order chi connectivity index (χ1) is 17.4. The third-order valence-corrected chi connectivity index (χ3v) is 7.55. The number of anilines is 1. The second-order valence-electron chi connectivity index (χ2n) is 8.62. The van der Waals surface area contributed by atoms with Crippen LogP contribution in [-0.4, -0.2) is 36.0 Å². The molecule has 2 unspecified atom stereocenters. The van der Waals surface area contributed by atoms with Crippen molar-refractivity contribution in [3.8, 4) is 0 Å². The summed E-state index contributed by atoms with van der Waals surface area (Å²) in [5.74, 6) is -1.35. The van der Waals surface area contributed by atoms with E-state index in [0.29, 0.717) is 34.0 Å². The van der Waals surface area contributed by atoms with Crippen molar-refractivity contribution < 1.29 is 28.3 Å². The molecule has 8 nitrogen and oxygen atoms in total. The molecule has 0 saturated carbocycles. The van der Waals surface area contributed by atoms with Gasteiger partial charge in [-0.1, -0.05) is 30.3 Å². The molecule has 2 aromatic carbocycles. The number of oxazole rings is 1. The number of carbonyl (C=O) groups excluding carboxylic acids is 3. The van der Waals surface area contributed by atoms with Gasteiger partial charge in [-0.25, -0.2) is 14.6 Å². The van der Waals surface area contributed by atoms with Crippen LogP contribution in [0.15, 0.2) is 59.3 Å². The lowest BCUT2D eigenvalue weighted by Gasteiger charge is -2.22. The fraction of sp³-hybridized carbons (Fsp3) is 0.259. The van der Waals surface area contributed by atoms with Crippen LogP contribution in [0.4, 0.5) is 5.00 Å². The van der Waals surface area contributed by atoms with Gasteiger partial charge in [-0.2, -0.15) is 0 Å². The van der Waals surface area contributed by atoms with E-state index in [4.69, 9.17) is 13.9 Å². The third kappa shape index (κ3) is 4.61. The highest BCUT2D eigenvalue weighted by Gasteiger charge is 2.31. The zero-order valence-electron chi connectivity index (χ0n) is 19.8. The van der Waals surface area contributed by atoms with Crippen molar-refractivity contribution in [3.05, 3.63) is 82.1 Å². The van der Waals surface area contributed by atoms with Crippen molar-refractivity contribution in [1.29, 1.82) is 0 Å². The summed E-state index contributed by atoms with van der Waals surface area (Å²) in [7, 11) is 1.32. The van der Waals surface area contributed by atoms with E-state index < -0.39 is 23.9 Å². The molecule has 0 bridgehead atoms. The number of thiophene rings is 1. The normalized spacial score (nSPS) is 15.7. The number of esters is 2. The largest absolute Gasteiger partial charge is 0.465 e. The molecule has 1 aliphatic carbocycles. The number of fused-ring (bicyclic) bond motifs is 2. The Labute approximate surface area is 211 Å². The first-order valence-corrected chi connectivity index (χ1v) is 12.4. The summed E-state index contributed by atoms with van der Waals surface area (Å²) in [6.45, 7) is 1.48. The van der Waals surface area contributed by atoms with E-state index in [9.17, 15) is 14.4 Å². The zero-order chi connectivity index (χ0) is 25.2. The number of benzene rings is 2. The van der Waals surface area contributed by atoms with Crippen molar-refractivity contribution in [2.24, 2.45) is 0 Å². The lowest BCUT2D eigenvalue weighted by atomic mass is 9.83. The van der Waals surface area contributed by atoms with Gasteiger partial charge in [0, 0.05) is 4.88 Å². The topological polar surface area (TPSA) is 108 Å². The number of methoxy groups -OCH3 is 1. The summed E-state index contributed by atoms with van der Waals surface area (Å²) in [5, 5.41) is 3.21. The number of carbonyl (C=O) groups is 3. The van der Waals surface area contributed by atoms with E-state index >= 15 is 0 Å². The van der Waals surface area contributed by atoms with E-state index in [2.05, 4.69) is 22.4 Å². The van der Waals surface area contributed by atoms with Crippen LogP contribution in [-0.2, 0) is 27.1 Å². The molecule has 2 atom stereocenters. The summed E-state index contributed by atoms with van der Waals surface area (Å²) in [4.78, 5) is 43.3. The number of amides is 1. The predicted octanol–water partition coefficient (Wildman–Crippen LogP) is 5.13. The Morgan fingerprint density at radius 2 is 1.94 bits per heavy atom. The summed E-state index contributed by atoms with van der Waals surface area (Å²) in [5.41, 5.74) is 3.86. The molecule has 0 saturated heterocycles. The lowest BCUT2D eigenvalue weighted by Crippen LogP contribution is -2.30. The molecule has 0 radical (unpaired) electrons. The third-order valence-electron chi connectivity index (χ3n) is 6.38. The number of nitrogens with zero attached hydrogens (tertiary/aromatic N) is 1. The second-order valence-corrected chi connectivity index (χ2v) is 9.73. The van der Waals surface area contributed by atoms with Crippen LogP contribution in [0.25, 0.3) is 11.1 Å². The number of rotatable bonds is 6. The molecule has 1 amide bonds. The Bertz CT molecular complexity index is 1440. The standard InChI is InChI=1S/C27H24N2O6S/c1-15(35-26(31)18-9-11-20-21(12-18)34-14-28-20)24(30)29-25-23(27(32)33-2)19-10-8-17(13-22(19)36-25)16-6-4-3-5-7-16/h3-7,9,11-12,14-15,17H,8,10,13H2,1-2H3,(H,29,30). The summed E-state index contributed by atoms with van der Waals surface area (Å²) in [6, 6.07) is 15.0. The predicted molar refractivity (Wildman–Crippen MR) is 134 cm³/mol. The van der Waals surface area contributed by atoms with Crippen molar-refractivity contribution in [2.75, 3.05) is 12.4 Å². The van der Waals surface area contributed by atoms with Gasteiger partial charge in [0.15, 0.2) is 18.1 Å². The molecular formula is C27H24N2O6S. The molecule has 9 heteroatoms. The molecule has 2 aromatic heterocycles. The smallest absolute Gasteiger partial charge is 0.341 e. The summed E-state index contributed by atoms with van der Waals surface area (Å²) >= 11 is 1.37. The monoisotopic (exact) mass is 504 g/mol. The Balaban J connectivity index is 1.32. The van der Waals surface area contributed by atoms with Gasteiger partial charge in [0.2, 0.25) is 0 Å². The molecule has 2 heterocycles. The molecular weight excluding hydrogens is 480 g/mol. The molecule has 36 heavy (non-hydrogen) atoms. The number of hydrogen-bond acceptors (Lipinski definition) is 8. The van der Waals surface area contributed by atoms with E-state index in [1.54, 1.807) is 12.1 Å². The molecule has 5 rings (SSSR count). The van der Waals surface area contributed by atoms with Crippen molar-refractivity contribution >= 4 is 45.3 Å². The minimum Gasteiger partial charge on any atom is -0.465 e. The maximum Gasteiger partial charge on any atom is 0.341 e. The van der Waals surface area contributed by atoms with Crippen LogP contribution < -0.4 is 5.32 Å². The number of ether oxygens (including phenoxy) is 2. The highest BCUT2D eigenvalue weighted by Crippen LogP contribution is 2.42. The van der Waals surface area contributed by atoms with Crippen molar-refractivity contribution in [2.45, 2.75) is 38.2 Å². The van der Waals surface area contributed by atoms with Gasteiger partial charge < -0.3 is 19.2 Å². The average molecular weight is 505 g/mol. The average Bonchev–Trinajstić information content (AvgIpc) is 3.51. The van der Waals surface area contributed by atoms with Gasteiger partial charge in [0.1, 0.15) is 10.5 Å². The Kier molecular flexibility index (Phi) is 6.56. The Morgan fingerprint density at radius 3 is 2.72 bits per heavy atom. The second kappa shape index (κ2) is 9.94. The SMILES string of the molecule is COC(=O)c1c(NC(=O)C(C)OC(=O)c2ccc3ncoc3c2)sc2c1CCC(c1ccccc1)C2. The zero-order valence-corrected chi connectivity index (χ0v) is 20.6. The van der Waals surface area contributed by atoms with E-state index in [1.807, 2.05) is 18.2 Å². The molecule has 184 valence electrons. The van der Waals surface area contributed by atoms with Gasteiger partial charge in [-0.3, -0.25) is 4.79 Å².